The van der Waals surface area contributed by atoms with E-state index in [2.05, 4.69) is 0 Å². The quantitative estimate of drug-likeness (QED) is 0.741. The summed E-state index contributed by atoms with van der Waals surface area (Å²) >= 11 is 0. The zero-order chi connectivity index (χ0) is 13.9. The molecule has 4 heteroatoms. The van der Waals surface area contributed by atoms with Crippen LogP contribution in [0, 0.1) is 10.8 Å². The molecule has 0 aliphatic carbocycles. The van der Waals surface area contributed by atoms with Gasteiger partial charge >= 0.3 is 5.97 Å². The molecule has 0 saturated heterocycles. The molecule has 0 amide bonds. The molecule has 0 aromatic heterocycles. The summed E-state index contributed by atoms with van der Waals surface area (Å²) in [5, 5.41) is 19.4. The standard InChI is InChI=1S/C13H26O4/c1-12(2,3)7-9(14)10(15)8-17-11(16)13(4,5)6/h9-10,14-15H,7-8H2,1-6H3. The second-order valence-corrected chi connectivity index (χ2v) is 6.75. The number of hydrogen-bond acceptors (Lipinski definition) is 4. The molecule has 4 nitrogen and oxygen atoms in total. The highest BCUT2D eigenvalue weighted by atomic mass is 16.5. The zero-order valence-electron chi connectivity index (χ0n) is 11.8. The third-order valence-corrected chi connectivity index (χ3v) is 2.26. The van der Waals surface area contributed by atoms with Crippen LogP contribution in [0.2, 0.25) is 0 Å². The summed E-state index contributed by atoms with van der Waals surface area (Å²) in [7, 11) is 0. The molecule has 0 heterocycles. The topological polar surface area (TPSA) is 66.8 Å². The Bertz CT molecular complexity index is 247. The summed E-state index contributed by atoms with van der Waals surface area (Å²) in [6.45, 7) is 11.0. The van der Waals surface area contributed by atoms with Crippen LogP contribution in [0.3, 0.4) is 0 Å². The molecule has 17 heavy (non-hydrogen) atoms. The smallest absolute Gasteiger partial charge is 0.311 e. The van der Waals surface area contributed by atoms with Gasteiger partial charge in [-0.05, 0) is 32.6 Å². The van der Waals surface area contributed by atoms with Crippen LogP contribution in [-0.4, -0.2) is 35.0 Å². The van der Waals surface area contributed by atoms with Crippen molar-refractivity contribution in [2.24, 2.45) is 10.8 Å². The minimum Gasteiger partial charge on any atom is -0.462 e. The van der Waals surface area contributed by atoms with Crippen LogP contribution in [0.25, 0.3) is 0 Å². The van der Waals surface area contributed by atoms with Gasteiger partial charge in [-0.2, -0.15) is 0 Å². The van der Waals surface area contributed by atoms with E-state index in [0.717, 1.165) is 0 Å². The highest BCUT2D eigenvalue weighted by molar-refractivity contribution is 5.75. The molecule has 0 spiro atoms. The molecule has 0 rings (SSSR count). The molecular weight excluding hydrogens is 220 g/mol. The Labute approximate surface area is 104 Å². The largest absolute Gasteiger partial charge is 0.462 e. The number of ether oxygens (including phenoxy) is 1. The van der Waals surface area contributed by atoms with Gasteiger partial charge in [-0.25, -0.2) is 0 Å². The number of hydrogen-bond donors (Lipinski definition) is 2. The Kier molecular flexibility index (Phi) is 5.62. The number of carbonyl (C=O) groups is 1. The van der Waals surface area contributed by atoms with E-state index in [1.807, 2.05) is 20.8 Å². The Morgan fingerprint density at radius 2 is 1.53 bits per heavy atom. The highest BCUT2D eigenvalue weighted by Crippen LogP contribution is 2.22. The zero-order valence-corrected chi connectivity index (χ0v) is 11.8. The van der Waals surface area contributed by atoms with Crippen molar-refractivity contribution in [3.05, 3.63) is 0 Å². The number of aliphatic hydroxyl groups is 2. The predicted molar refractivity (Wildman–Crippen MR) is 66.5 cm³/mol. The molecule has 2 atom stereocenters. The number of rotatable bonds is 4. The molecule has 0 aliphatic heterocycles. The van der Waals surface area contributed by atoms with E-state index in [1.165, 1.54) is 0 Å². The van der Waals surface area contributed by atoms with Gasteiger partial charge in [0.05, 0.1) is 11.5 Å². The van der Waals surface area contributed by atoms with Crippen LogP contribution in [-0.2, 0) is 9.53 Å². The Hall–Kier alpha value is -0.610. The number of esters is 1. The van der Waals surface area contributed by atoms with Gasteiger partial charge in [0, 0.05) is 0 Å². The third kappa shape index (κ3) is 7.34. The highest BCUT2D eigenvalue weighted by Gasteiger charge is 2.27. The van der Waals surface area contributed by atoms with Crippen molar-refractivity contribution >= 4 is 5.97 Å². The van der Waals surface area contributed by atoms with Crippen molar-refractivity contribution in [1.29, 1.82) is 0 Å². The van der Waals surface area contributed by atoms with E-state index in [0.29, 0.717) is 6.42 Å². The van der Waals surface area contributed by atoms with Crippen molar-refractivity contribution in [3.8, 4) is 0 Å². The fourth-order valence-electron chi connectivity index (χ4n) is 1.25. The molecule has 0 saturated carbocycles. The van der Waals surface area contributed by atoms with E-state index in [4.69, 9.17) is 4.74 Å². The summed E-state index contributed by atoms with van der Waals surface area (Å²) < 4.78 is 4.95. The Morgan fingerprint density at radius 1 is 1.06 bits per heavy atom. The molecule has 102 valence electrons. The molecule has 0 aliphatic rings. The van der Waals surface area contributed by atoms with E-state index in [1.54, 1.807) is 20.8 Å². The van der Waals surface area contributed by atoms with Gasteiger partial charge in [0.15, 0.2) is 0 Å². The van der Waals surface area contributed by atoms with Crippen LogP contribution >= 0.6 is 0 Å². The minimum atomic E-state index is -1.03. The maximum atomic E-state index is 11.5. The van der Waals surface area contributed by atoms with Crippen molar-refractivity contribution in [2.45, 2.75) is 60.2 Å². The summed E-state index contributed by atoms with van der Waals surface area (Å²) in [6.07, 6.45) is -1.44. The summed E-state index contributed by atoms with van der Waals surface area (Å²) in [6, 6.07) is 0. The van der Waals surface area contributed by atoms with E-state index in [9.17, 15) is 15.0 Å². The van der Waals surface area contributed by atoms with Gasteiger partial charge in [-0.15, -0.1) is 0 Å². The first kappa shape index (κ1) is 16.4. The lowest BCUT2D eigenvalue weighted by Gasteiger charge is -2.26. The predicted octanol–water partition coefficient (Wildman–Crippen LogP) is 1.73. The van der Waals surface area contributed by atoms with Crippen LogP contribution in [0.4, 0.5) is 0 Å². The summed E-state index contributed by atoms with van der Waals surface area (Å²) in [5.74, 6) is -0.375. The lowest BCUT2D eigenvalue weighted by Crippen LogP contribution is -2.36. The fourth-order valence-corrected chi connectivity index (χ4v) is 1.25. The van der Waals surface area contributed by atoms with Crippen molar-refractivity contribution in [2.75, 3.05) is 6.61 Å². The van der Waals surface area contributed by atoms with Crippen molar-refractivity contribution in [1.82, 2.24) is 0 Å². The monoisotopic (exact) mass is 246 g/mol. The van der Waals surface area contributed by atoms with Crippen LogP contribution in [0.1, 0.15) is 48.0 Å². The van der Waals surface area contributed by atoms with Gasteiger partial charge in [-0.3, -0.25) is 4.79 Å². The first-order valence-electron chi connectivity index (χ1n) is 5.97. The summed E-state index contributed by atoms with van der Waals surface area (Å²) in [4.78, 5) is 11.5. The Balaban J connectivity index is 4.11. The van der Waals surface area contributed by atoms with Crippen LogP contribution < -0.4 is 0 Å². The molecule has 2 N–H and O–H groups in total. The minimum absolute atomic E-state index is 0.0750. The normalized spacial score (nSPS) is 16.5. The third-order valence-electron chi connectivity index (χ3n) is 2.26. The molecule has 0 fully saturated rings. The molecule has 0 radical (unpaired) electrons. The van der Waals surface area contributed by atoms with Crippen LogP contribution in [0.15, 0.2) is 0 Å². The van der Waals surface area contributed by atoms with E-state index in [-0.39, 0.29) is 18.0 Å². The maximum absolute atomic E-state index is 11.5. The number of aliphatic hydroxyl groups excluding tert-OH is 2. The second-order valence-electron chi connectivity index (χ2n) is 6.75. The Morgan fingerprint density at radius 3 is 1.88 bits per heavy atom. The maximum Gasteiger partial charge on any atom is 0.311 e. The lowest BCUT2D eigenvalue weighted by molar-refractivity contribution is -0.158. The van der Waals surface area contributed by atoms with E-state index < -0.39 is 17.6 Å². The molecule has 2 unspecified atom stereocenters. The van der Waals surface area contributed by atoms with E-state index >= 15 is 0 Å². The SMILES string of the molecule is CC(C)(C)CC(O)C(O)COC(=O)C(C)(C)C. The molecule has 0 aromatic carbocycles. The van der Waals surface area contributed by atoms with Crippen molar-refractivity contribution < 1.29 is 19.7 Å². The summed E-state index contributed by atoms with van der Waals surface area (Å²) in [5.41, 5.74) is -0.664. The lowest BCUT2D eigenvalue weighted by atomic mass is 9.87. The van der Waals surface area contributed by atoms with Gasteiger partial charge in [0.1, 0.15) is 12.7 Å². The average molecular weight is 246 g/mol. The van der Waals surface area contributed by atoms with Gasteiger partial charge in [0.25, 0.3) is 0 Å². The van der Waals surface area contributed by atoms with Gasteiger partial charge < -0.3 is 14.9 Å². The first-order valence-corrected chi connectivity index (χ1v) is 5.97. The number of carbonyl (C=O) groups excluding carboxylic acids is 1. The van der Waals surface area contributed by atoms with Crippen molar-refractivity contribution in [3.63, 3.8) is 0 Å². The fraction of sp³-hybridized carbons (Fsp3) is 0.923. The molecule has 0 aromatic rings. The second kappa shape index (κ2) is 5.83. The molecular formula is C13H26O4. The first-order chi connectivity index (χ1) is 7.43. The average Bonchev–Trinajstić information content (AvgIpc) is 2.08. The van der Waals surface area contributed by atoms with Gasteiger partial charge in [0.2, 0.25) is 0 Å². The van der Waals surface area contributed by atoms with Gasteiger partial charge in [-0.1, -0.05) is 20.8 Å². The van der Waals surface area contributed by atoms with Crippen LogP contribution in [0.5, 0.6) is 0 Å². The molecule has 0 bridgehead atoms.